The quantitative estimate of drug-likeness (QED) is 0.839. The third-order valence-electron chi connectivity index (χ3n) is 2.19. The fourth-order valence-electron chi connectivity index (χ4n) is 1.36. The fraction of sp³-hybridized carbons (Fsp3) is 0.167. The van der Waals surface area contributed by atoms with Crippen LogP contribution in [0.2, 0.25) is 5.02 Å². The molecule has 0 bridgehead atoms. The van der Waals surface area contributed by atoms with Gasteiger partial charge < -0.3 is 10.2 Å². The Balaban J connectivity index is 1.92. The molecule has 0 saturated heterocycles. The summed E-state index contributed by atoms with van der Waals surface area (Å²) in [5.41, 5.74) is 7.71. The molecule has 1 heterocycles. The van der Waals surface area contributed by atoms with Gasteiger partial charge in [-0.1, -0.05) is 11.6 Å². The van der Waals surface area contributed by atoms with E-state index in [1.54, 1.807) is 24.1 Å². The Morgan fingerprint density at radius 1 is 1.25 bits per heavy atom. The first-order chi connectivity index (χ1) is 7.75. The number of thioether (sulfide) groups is 1. The number of halogens is 1. The Morgan fingerprint density at radius 3 is 2.88 bits per heavy atom. The van der Waals surface area contributed by atoms with Gasteiger partial charge in [0.05, 0.1) is 12.0 Å². The van der Waals surface area contributed by atoms with E-state index < -0.39 is 0 Å². The zero-order valence-electron chi connectivity index (χ0n) is 8.65. The molecule has 84 valence electrons. The van der Waals surface area contributed by atoms with Crippen molar-refractivity contribution in [3.05, 3.63) is 52.9 Å². The second kappa shape index (κ2) is 5.32. The number of nitrogens with two attached hydrogens (primary N) is 1. The van der Waals surface area contributed by atoms with Crippen LogP contribution in [0.5, 0.6) is 0 Å². The molecular weight excluding hydrogens is 242 g/mol. The average molecular weight is 254 g/mol. The molecule has 0 aliphatic carbocycles. The standard InChI is InChI=1S/C12H12ClNOS/c13-10-3-4-12(14)9(6-10)7-16-8-11-2-1-5-15-11/h1-6H,7-8,14H2. The number of anilines is 1. The Hall–Kier alpha value is -1.06. The van der Waals surface area contributed by atoms with Gasteiger partial charge in [0, 0.05) is 16.5 Å². The maximum Gasteiger partial charge on any atom is 0.113 e. The summed E-state index contributed by atoms with van der Waals surface area (Å²) >= 11 is 7.67. The Labute approximate surface area is 104 Å². The van der Waals surface area contributed by atoms with E-state index in [4.69, 9.17) is 21.8 Å². The van der Waals surface area contributed by atoms with E-state index >= 15 is 0 Å². The van der Waals surface area contributed by atoms with Gasteiger partial charge in [-0.25, -0.2) is 0 Å². The highest BCUT2D eigenvalue weighted by atomic mass is 35.5. The summed E-state index contributed by atoms with van der Waals surface area (Å²) in [6.07, 6.45) is 1.68. The number of hydrogen-bond acceptors (Lipinski definition) is 3. The first-order valence-corrected chi connectivity index (χ1v) is 6.43. The van der Waals surface area contributed by atoms with Crippen LogP contribution in [-0.4, -0.2) is 0 Å². The van der Waals surface area contributed by atoms with E-state index in [0.717, 1.165) is 33.5 Å². The van der Waals surface area contributed by atoms with Crippen molar-refractivity contribution in [1.29, 1.82) is 0 Å². The minimum absolute atomic E-state index is 0.725. The summed E-state index contributed by atoms with van der Waals surface area (Å²) in [6.45, 7) is 0. The highest BCUT2D eigenvalue weighted by Crippen LogP contribution is 2.24. The predicted octanol–water partition coefficient (Wildman–Crippen LogP) is 3.95. The third-order valence-corrected chi connectivity index (χ3v) is 3.43. The van der Waals surface area contributed by atoms with Crippen LogP contribution in [0.15, 0.2) is 41.0 Å². The first-order valence-electron chi connectivity index (χ1n) is 4.90. The molecule has 1 aromatic carbocycles. The van der Waals surface area contributed by atoms with Crippen molar-refractivity contribution >= 4 is 29.1 Å². The molecule has 0 fully saturated rings. The van der Waals surface area contributed by atoms with Crippen LogP contribution in [0.25, 0.3) is 0 Å². The minimum atomic E-state index is 0.725. The van der Waals surface area contributed by atoms with Crippen molar-refractivity contribution in [2.45, 2.75) is 11.5 Å². The second-order valence-electron chi connectivity index (χ2n) is 3.42. The van der Waals surface area contributed by atoms with Gasteiger partial charge >= 0.3 is 0 Å². The summed E-state index contributed by atoms with van der Waals surface area (Å²) in [4.78, 5) is 0. The second-order valence-corrected chi connectivity index (χ2v) is 4.84. The lowest BCUT2D eigenvalue weighted by atomic mass is 10.2. The molecule has 0 saturated carbocycles. The molecule has 16 heavy (non-hydrogen) atoms. The van der Waals surface area contributed by atoms with E-state index in [2.05, 4.69) is 0 Å². The van der Waals surface area contributed by atoms with Gasteiger partial charge in [0.15, 0.2) is 0 Å². The summed E-state index contributed by atoms with van der Waals surface area (Å²) in [5.74, 6) is 2.66. The highest BCUT2D eigenvalue weighted by molar-refractivity contribution is 7.97. The summed E-state index contributed by atoms with van der Waals surface area (Å²) in [5, 5.41) is 0.725. The maximum absolute atomic E-state index is 5.91. The van der Waals surface area contributed by atoms with Gasteiger partial charge in [-0.15, -0.1) is 11.8 Å². The van der Waals surface area contributed by atoms with Crippen LogP contribution in [-0.2, 0) is 11.5 Å². The average Bonchev–Trinajstić information content (AvgIpc) is 2.76. The van der Waals surface area contributed by atoms with E-state index in [-0.39, 0.29) is 0 Å². The van der Waals surface area contributed by atoms with Crippen molar-refractivity contribution in [3.8, 4) is 0 Å². The molecule has 2 nitrogen and oxygen atoms in total. The van der Waals surface area contributed by atoms with E-state index in [1.807, 2.05) is 24.3 Å². The molecule has 1 aromatic heterocycles. The molecule has 0 radical (unpaired) electrons. The molecule has 2 aromatic rings. The largest absolute Gasteiger partial charge is 0.468 e. The Bertz CT molecular complexity index is 456. The molecule has 0 amide bonds. The lowest BCUT2D eigenvalue weighted by Gasteiger charge is -2.05. The molecule has 0 aliphatic rings. The van der Waals surface area contributed by atoms with E-state index in [9.17, 15) is 0 Å². The van der Waals surface area contributed by atoms with Crippen molar-refractivity contribution < 1.29 is 4.42 Å². The Morgan fingerprint density at radius 2 is 2.12 bits per heavy atom. The van der Waals surface area contributed by atoms with Gasteiger partial charge in [0.25, 0.3) is 0 Å². The van der Waals surface area contributed by atoms with Gasteiger partial charge in [-0.05, 0) is 35.9 Å². The number of benzene rings is 1. The van der Waals surface area contributed by atoms with E-state index in [1.165, 1.54) is 0 Å². The lowest BCUT2D eigenvalue weighted by Crippen LogP contribution is -1.92. The monoisotopic (exact) mass is 253 g/mol. The van der Waals surface area contributed by atoms with Gasteiger partial charge in [0.2, 0.25) is 0 Å². The van der Waals surface area contributed by atoms with Crippen molar-refractivity contribution in [1.82, 2.24) is 0 Å². The zero-order valence-corrected chi connectivity index (χ0v) is 10.2. The van der Waals surface area contributed by atoms with Crippen LogP contribution < -0.4 is 5.73 Å². The minimum Gasteiger partial charge on any atom is -0.468 e. The molecule has 2 rings (SSSR count). The van der Waals surface area contributed by atoms with Crippen LogP contribution >= 0.6 is 23.4 Å². The molecule has 0 unspecified atom stereocenters. The fourth-order valence-corrected chi connectivity index (χ4v) is 2.49. The van der Waals surface area contributed by atoms with Crippen LogP contribution in [0.3, 0.4) is 0 Å². The maximum atomic E-state index is 5.91. The van der Waals surface area contributed by atoms with Crippen molar-refractivity contribution in [3.63, 3.8) is 0 Å². The first kappa shape index (κ1) is 11.4. The predicted molar refractivity (Wildman–Crippen MR) is 69.6 cm³/mol. The zero-order chi connectivity index (χ0) is 11.4. The van der Waals surface area contributed by atoms with Crippen LogP contribution in [0.1, 0.15) is 11.3 Å². The number of hydrogen-bond donors (Lipinski definition) is 1. The topological polar surface area (TPSA) is 39.2 Å². The van der Waals surface area contributed by atoms with E-state index in [0.29, 0.717) is 0 Å². The number of nitrogen functional groups attached to an aromatic ring is 1. The number of rotatable bonds is 4. The molecule has 2 N–H and O–H groups in total. The Kier molecular flexibility index (Phi) is 3.80. The highest BCUT2D eigenvalue weighted by Gasteiger charge is 2.02. The number of furan rings is 1. The smallest absolute Gasteiger partial charge is 0.113 e. The van der Waals surface area contributed by atoms with Crippen molar-refractivity contribution in [2.24, 2.45) is 0 Å². The molecular formula is C12H12ClNOS. The molecule has 0 atom stereocenters. The lowest BCUT2D eigenvalue weighted by molar-refractivity contribution is 0.530. The summed E-state index contributed by atoms with van der Waals surface area (Å²) in [7, 11) is 0. The molecule has 4 heteroatoms. The molecule has 0 aliphatic heterocycles. The van der Waals surface area contributed by atoms with Crippen LogP contribution in [0, 0.1) is 0 Å². The normalized spacial score (nSPS) is 10.6. The summed E-state index contributed by atoms with van der Waals surface area (Å²) < 4.78 is 5.25. The third kappa shape index (κ3) is 2.97. The SMILES string of the molecule is Nc1ccc(Cl)cc1CSCc1ccco1. The molecule has 0 spiro atoms. The van der Waals surface area contributed by atoms with Crippen molar-refractivity contribution in [2.75, 3.05) is 5.73 Å². The van der Waals surface area contributed by atoms with Gasteiger partial charge in [-0.3, -0.25) is 0 Å². The van der Waals surface area contributed by atoms with Crippen LogP contribution in [0.4, 0.5) is 5.69 Å². The summed E-state index contributed by atoms with van der Waals surface area (Å²) in [6, 6.07) is 9.41. The van der Waals surface area contributed by atoms with Gasteiger partial charge in [0.1, 0.15) is 5.76 Å². The van der Waals surface area contributed by atoms with Gasteiger partial charge in [-0.2, -0.15) is 0 Å².